The summed E-state index contributed by atoms with van der Waals surface area (Å²) in [6.07, 6.45) is 0.105. The Morgan fingerprint density at radius 1 is 1.16 bits per heavy atom. The fourth-order valence-corrected chi connectivity index (χ4v) is 5.04. The lowest BCUT2D eigenvalue weighted by atomic mass is 10.1. The van der Waals surface area contributed by atoms with E-state index in [9.17, 15) is 13.2 Å². The molecule has 0 saturated carbocycles. The molecule has 4 aromatic rings. The van der Waals surface area contributed by atoms with Crippen molar-refractivity contribution in [2.45, 2.75) is 25.2 Å². The molecule has 10 heteroatoms. The molecule has 8 nitrogen and oxygen atoms in total. The highest BCUT2D eigenvalue weighted by Crippen LogP contribution is 2.30. The van der Waals surface area contributed by atoms with Crippen LogP contribution in [0.2, 0.25) is 0 Å². The number of aryl methyl sites for hydroxylation is 1. The lowest BCUT2D eigenvalue weighted by Gasteiger charge is -2.07. The van der Waals surface area contributed by atoms with E-state index < -0.39 is 9.84 Å². The van der Waals surface area contributed by atoms with E-state index in [-0.39, 0.29) is 23.0 Å². The minimum absolute atomic E-state index is 0.0364. The molecule has 0 aliphatic carbocycles. The highest BCUT2D eigenvalue weighted by molar-refractivity contribution is 7.91. The fraction of sp³-hybridized carbons (Fsp3) is 0.227. The number of benzene rings is 2. The maximum absolute atomic E-state index is 12.7. The molecule has 0 fully saturated rings. The van der Waals surface area contributed by atoms with Gasteiger partial charge in [0.05, 0.1) is 40.1 Å². The Hall–Kier alpha value is -3.24. The van der Waals surface area contributed by atoms with Crippen LogP contribution in [0.5, 0.6) is 5.75 Å². The van der Waals surface area contributed by atoms with Crippen LogP contribution in [0.25, 0.3) is 15.3 Å². The van der Waals surface area contributed by atoms with Gasteiger partial charge in [-0.05, 0) is 42.8 Å². The van der Waals surface area contributed by atoms with Gasteiger partial charge < -0.3 is 10.1 Å². The van der Waals surface area contributed by atoms with Gasteiger partial charge in [-0.1, -0.05) is 30.4 Å². The number of amides is 1. The first-order chi connectivity index (χ1) is 15.3. The Morgan fingerprint density at radius 3 is 2.59 bits per heavy atom. The van der Waals surface area contributed by atoms with Crippen molar-refractivity contribution in [3.8, 4) is 10.9 Å². The quantitative estimate of drug-likeness (QED) is 0.441. The molecular formula is C22H22N4O4S2. The van der Waals surface area contributed by atoms with E-state index in [4.69, 9.17) is 4.74 Å². The number of ether oxygens (including phenoxy) is 1. The van der Waals surface area contributed by atoms with E-state index in [1.54, 1.807) is 36.9 Å². The van der Waals surface area contributed by atoms with Crippen molar-refractivity contribution in [1.82, 2.24) is 14.8 Å². The average Bonchev–Trinajstić information content (AvgIpc) is 3.36. The van der Waals surface area contributed by atoms with E-state index in [0.29, 0.717) is 16.5 Å². The number of anilines is 1. The first-order valence-electron chi connectivity index (χ1n) is 9.92. The molecule has 4 rings (SSSR count). The summed E-state index contributed by atoms with van der Waals surface area (Å²) in [5, 5.41) is 8.00. The second-order valence-corrected chi connectivity index (χ2v) is 10.5. The Morgan fingerprint density at radius 2 is 1.91 bits per heavy atom. The van der Waals surface area contributed by atoms with Gasteiger partial charge in [-0.2, -0.15) is 9.78 Å². The van der Waals surface area contributed by atoms with E-state index in [0.717, 1.165) is 21.7 Å². The van der Waals surface area contributed by atoms with Crippen molar-refractivity contribution in [2.24, 2.45) is 0 Å². The van der Waals surface area contributed by atoms with Crippen LogP contribution in [-0.4, -0.2) is 42.0 Å². The first-order valence-corrected chi connectivity index (χ1v) is 12.4. The van der Waals surface area contributed by atoms with E-state index in [2.05, 4.69) is 15.4 Å². The number of hydrogen-bond acceptors (Lipinski definition) is 7. The van der Waals surface area contributed by atoms with Gasteiger partial charge in [-0.15, -0.1) is 0 Å². The summed E-state index contributed by atoms with van der Waals surface area (Å²) < 4.78 is 31.7. The van der Waals surface area contributed by atoms with Crippen LogP contribution in [0.3, 0.4) is 0 Å². The third kappa shape index (κ3) is 4.51. The number of fused-ring (bicyclic) bond motifs is 1. The molecular weight excluding hydrogens is 448 g/mol. The van der Waals surface area contributed by atoms with Crippen LogP contribution < -0.4 is 10.1 Å². The first kappa shape index (κ1) is 22.0. The maximum atomic E-state index is 12.7. The number of aromatic nitrogens is 3. The van der Waals surface area contributed by atoms with Gasteiger partial charge in [0.1, 0.15) is 11.6 Å². The Kier molecular flexibility index (Phi) is 5.98. The number of methoxy groups -OCH3 is 1. The third-order valence-electron chi connectivity index (χ3n) is 4.89. The van der Waals surface area contributed by atoms with Crippen molar-refractivity contribution in [3.05, 3.63) is 59.8 Å². The molecule has 32 heavy (non-hydrogen) atoms. The van der Waals surface area contributed by atoms with Gasteiger partial charge in [0.25, 0.3) is 0 Å². The number of carbonyl (C=O) groups is 1. The summed E-state index contributed by atoms with van der Waals surface area (Å²) in [6, 6.07) is 13.8. The molecule has 2 aromatic heterocycles. The molecule has 0 atom stereocenters. The monoisotopic (exact) mass is 470 g/mol. The van der Waals surface area contributed by atoms with Gasteiger partial charge in [0.15, 0.2) is 9.84 Å². The topological polar surface area (TPSA) is 103 Å². The minimum atomic E-state index is -3.27. The van der Waals surface area contributed by atoms with Crippen molar-refractivity contribution in [1.29, 1.82) is 0 Å². The molecule has 0 saturated heterocycles. The number of carbonyl (C=O) groups excluding carboxylic acids is 1. The predicted molar refractivity (Wildman–Crippen MR) is 125 cm³/mol. The highest BCUT2D eigenvalue weighted by Gasteiger charge is 2.16. The van der Waals surface area contributed by atoms with Gasteiger partial charge in [-0.3, -0.25) is 4.79 Å². The molecule has 166 valence electrons. The van der Waals surface area contributed by atoms with Gasteiger partial charge in [0.2, 0.25) is 11.0 Å². The van der Waals surface area contributed by atoms with Gasteiger partial charge >= 0.3 is 0 Å². The second-order valence-electron chi connectivity index (χ2n) is 7.19. The summed E-state index contributed by atoms with van der Waals surface area (Å²) in [6.45, 7) is 3.44. The summed E-state index contributed by atoms with van der Waals surface area (Å²) in [7, 11) is -1.65. The summed E-state index contributed by atoms with van der Waals surface area (Å²) >= 11 is 1.45. The number of rotatable bonds is 7. The number of nitrogens with zero attached hydrogens (tertiary/aromatic N) is 3. The third-order valence-corrected chi connectivity index (χ3v) is 7.64. The molecule has 0 aliphatic heterocycles. The van der Waals surface area contributed by atoms with Gasteiger partial charge in [0, 0.05) is 6.07 Å². The maximum Gasteiger partial charge on any atom is 0.229 e. The molecule has 2 aromatic carbocycles. The van der Waals surface area contributed by atoms with Crippen molar-refractivity contribution in [3.63, 3.8) is 0 Å². The molecule has 1 amide bonds. The zero-order chi connectivity index (χ0) is 22.9. The number of hydrogen-bond donors (Lipinski definition) is 1. The fourth-order valence-electron chi connectivity index (χ4n) is 3.20. The van der Waals surface area contributed by atoms with Crippen LogP contribution >= 0.6 is 11.3 Å². The number of sulfone groups is 1. The summed E-state index contributed by atoms with van der Waals surface area (Å²) in [5.74, 6) is 1.06. The zero-order valence-corrected chi connectivity index (χ0v) is 19.5. The molecule has 0 aliphatic rings. The predicted octanol–water partition coefficient (Wildman–Crippen LogP) is 3.77. The standard InChI is InChI=1S/C22H22N4O4S2/c1-4-32(28,29)17-8-5-15(6-9-17)12-21(27)24-20-11-14(2)25-26(20)22-23-18-10-7-16(30-3)13-19(18)31-22/h5-11,13H,4,12H2,1-3H3,(H,24,27). The molecule has 0 unspecified atom stereocenters. The van der Waals surface area contributed by atoms with Crippen molar-refractivity contribution >= 4 is 43.1 Å². The normalized spacial score (nSPS) is 11.6. The lowest BCUT2D eigenvalue weighted by molar-refractivity contribution is -0.115. The van der Waals surface area contributed by atoms with Crippen molar-refractivity contribution < 1.29 is 17.9 Å². The van der Waals surface area contributed by atoms with Crippen LogP contribution in [0.15, 0.2) is 53.4 Å². The van der Waals surface area contributed by atoms with Crippen LogP contribution in [0.1, 0.15) is 18.2 Å². The van der Waals surface area contributed by atoms with Crippen LogP contribution in [0, 0.1) is 6.92 Å². The number of nitrogens with one attached hydrogen (secondary N) is 1. The molecule has 0 bridgehead atoms. The van der Waals surface area contributed by atoms with Crippen LogP contribution in [0.4, 0.5) is 5.82 Å². The molecule has 2 heterocycles. The lowest BCUT2D eigenvalue weighted by Crippen LogP contribution is -2.17. The van der Waals surface area contributed by atoms with Crippen molar-refractivity contribution in [2.75, 3.05) is 18.2 Å². The second kappa shape index (κ2) is 8.71. The minimum Gasteiger partial charge on any atom is -0.497 e. The molecule has 0 spiro atoms. The van der Waals surface area contributed by atoms with E-state index in [1.807, 2.05) is 25.1 Å². The van der Waals surface area contributed by atoms with E-state index in [1.165, 1.54) is 23.5 Å². The molecule has 1 N–H and O–H groups in total. The SMILES string of the molecule is CCS(=O)(=O)c1ccc(CC(=O)Nc2cc(C)nn2-c2nc3ccc(OC)cc3s2)cc1. The summed E-state index contributed by atoms with van der Waals surface area (Å²) in [4.78, 5) is 17.5. The Bertz CT molecular complexity index is 1390. The average molecular weight is 471 g/mol. The smallest absolute Gasteiger partial charge is 0.229 e. The Balaban J connectivity index is 1.54. The molecule has 0 radical (unpaired) electrons. The summed E-state index contributed by atoms with van der Waals surface area (Å²) in [5.41, 5.74) is 2.28. The largest absolute Gasteiger partial charge is 0.497 e. The van der Waals surface area contributed by atoms with E-state index >= 15 is 0 Å². The van der Waals surface area contributed by atoms with Crippen LogP contribution in [-0.2, 0) is 21.1 Å². The zero-order valence-electron chi connectivity index (χ0n) is 17.8. The highest BCUT2D eigenvalue weighted by atomic mass is 32.2. The number of thiazole rings is 1. The van der Waals surface area contributed by atoms with Gasteiger partial charge in [-0.25, -0.2) is 13.4 Å². The Labute approximate surface area is 189 Å².